The molecule has 0 bridgehead atoms. The average Bonchev–Trinajstić information content (AvgIpc) is 3.18. The van der Waals surface area contributed by atoms with E-state index in [-0.39, 0.29) is 24.5 Å². The standard InChI is InChI=1S/C30H30N2O6/c1-4-17-38-24-12-9-22(18-25(24)37-6-3)27-26(28(33)21-7-10-23(11-8-21)36-5-2)29(34)30(35)32(27)19-20-13-15-31-16-14-20/h4,7-16,18,27,33H,1,5-6,17,19H2,2-3H3. The summed E-state index contributed by atoms with van der Waals surface area (Å²) in [5.74, 6) is -0.131. The van der Waals surface area contributed by atoms with Crippen LogP contribution in [0.2, 0.25) is 0 Å². The Balaban J connectivity index is 1.84. The Morgan fingerprint density at radius 3 is 2.34 bits per heavy atom. The fourth-order valence-electron chi connectivity index (χ4n) is 4.34. The molecule has 1 fully saturated rings. The van der Waals surface area contributed by atoms with Gasteiger partial charge in [-0.2, -0.15) is 0 Å². The summed E-state index contributed by atoms with van der Waals surface area (Å²) in [6, 6.07) is 14.7. The van der Waals surface area contributed by atoms with Crippen molar-refractivity contribution in [3.63, 3.8) is 0 Å². The minimum atomic E-state index is -0.859. The Labute approximate surface area is 221 Å². The molecule has 1 aliphatic heterocycles. The van der Waals surface area contributed by atoms with Crippen molar-refractivity contribution < 1.29 is 28.9 Å². The normalized spacial score (nSPS) is 16.4. The van der Waals surface area contributed by atoms with Gasteiger partial charge in [0.05, 0.1) is 24.8 Å². The van der Waals surface area contributed by atoms with Crippen molar-refractivity contribution in [1.82, 2.24) is 9.88 Å². The van der Waals surface area contributed by atoms with E-state index in [9.17, 15) is 14.7 Å². The quantitative estimate of drug-likeness (QED) is 0.165. The number of aliphatic hydroxyl groups excluding tert-OH is 1. The SMILES string of the molecule is C=CCOc1ccc(C2C(=C(O)c3ccc(OCC)cc3)C(=O)C(=O)N2Cc2ccncc2)cc1OCC. The Kier molecular flexibility index (Phi) is 8.43. The summed E-state index contributed by atoms with van der Waals surface area (Å²) in [4.78, 5) is 32.2. The van der Waals surface area contributed by atoms with Gasteiger partial charge in [-0.25, -0.2) is 0 Å². The highest BCUT2D eigenvalue weighted by Gasteiger charge is 2.46. The van der Waals surface area contributed by atoms with Gasteiger partial charge in [0.1, 0.15) is 18.1 Å². The van der Waals surface area contributed by atoms with Crippen LogP contribution in [0.25, 0.3) is 5.76 Å². The summed E-state index contributed by atoms with van der Waals surface area (Å²) in [6.07, 6.45) is 4.88. The monoisotopic (exact) mass is 514 g/mol. The molecule has 0 radical (unpaired) electrons. The zero-order valence-electron chi connectivity index (χ0n) is 21.4. The molecule has 1 saturated heterocycles. The zero-order valence-corrected chi connectivity index (χ0v) is 21.4. The number of hydrogen-bond donors (Lipinski definition) is 1. The van der Waals surface area contributed by atoms with Crippen molar-refractivity contribution >= 4 is 17.4 Å². The van der Waals surface area contributed by atoms with Crippen LogP contribution >= 0.6 is 0 Å². The van der Waals surface area contributed by atoms with E-state index in [0.29, 0.717) is 41.6 Å². The number of amides is 1. The first-order valence-electron chi connectivity index (χ1n) is 12.4. The Hall–Kier alpha value is -4.59. The molecule has 2 aromatic carbocycles. The highest BCUT2D eigenvalue weighted by Crippen LogP contribution is 2.43. The van der Waals surface area contributed by atoms with Gasteiger partial charge in [-0.1, -0.05) is 18.7 Å². The Bertz CT molecular complexity index is 1330. The summed E-state index contributed by atoms with van der Waals surface area (Å²) in [5.41, 5.74) is 1.79. The second-order valence-electron chi connectivity index (χ2n) is 8.48. The maximum absolute atomic E-state index is 13.4. The third-order valence-electron chi connectivity index (χ3n) is 6.02. The number of hydrogen-bond acceptors (Lipinski definition) is 7. The molecule has 0 aliphatic carbocycles. The largest absolute Gasteiger partial charge is 0.507 e. The molecule has 4 rings (SSSR count). The van der Waals surface area contributed by atoms with Crippen LogP contribution in [0.1, 0.15) is 36.6 Å². The van der Waals surface area contributed by atoms with Crippen LogP contribution in [0.15, 0.2) is 85.2 Å². The van der Waals surface area contributed by atoms with Gasteiger partial charge in [0.2, 0.25) is 0 Å². The third-order valence-corrected chi connectivity index (χ3v) is 6.02. The average molecular weight is 515 g/mol. The molecule has 0 spiro atoms. The van der Waals surface area contributed by atoms with Gasteiger partial charge >= 0.3 is 0 Å². The number of nitrogens with zero attached hydrogens (tertiary/aromatic N) is 2. The van der Waals surface area contributed by atoms with Crippen LogP contribution in [-0.4, -0.2) is 46.5 Å². The third kappa shape index (κ3) is 5.54. The van der Waals surface area contributed by atoms with E-state index in [2.05, 4.69) is 11.6 Å². The maximum Gasteiger partial charge on any atom is 0.295 e. The van der Waals surface area contributed by atoms with Gasteiger partial charge in [-0.15, -0.1) is 0 Å². The van der Waals surface area contributed by atoms with Gasteiger partial charge in [-0.05, 0) is 73.5 Å². The number of carbonyl (C=O) groups is 2. The fraction of sp³-hybridized carbons (Fsp3) is 0.233. The summed E-state index contributed by atoms with van der Waals surface area (Å²) in [7, 11) is 0. The number of carbonyl (C=O) groups excluding carboxylic acids is 2. The first kappa shape index (κ1) is 26.5. The van der Waals surface area contributed by atoms with Gasteiger partial charge in [0, 0.05) is 24.5 Å². The van der Waals surface area contributed by atoms with Crippen LogP contribution in [0, 0.1) is 0 Å². The molecule has 1 aliphatic rings. The lowest BCUT2D eigenvalue weighted by atomic mass is 9.94. The zero-order chi connectivity index (χ0) is 27.1. The van der Waals surface area contributed by atoms with Crippen molar-refractivity contribution in [3.05, 3.63) is 102 Å². The number of benzene rings is 2. The van der Waals surface area contributed by atoms with Crippen molar-refractivity contribution in [2.45, 2.75) is 26.4 Å². The number of aromatic nitrogens is 1. The van der Waals surface area contributed by atoms with Crippen LogP contribution in [0.4, 0.5) is 0 Å². The Morgan fingerprint density at radius 2 is 1.68 bits per heavy atom. The molecule has 8 nitrogen and oxygen atoms in total. The predicted octanol–water partition coefficient (Wildman–Crippen LogP) is 5.07. The molecule has 3 aromatic rings. The molecule has 1 atom stereocenters. The lowest BCUT2D eigenvalue weighted by Crippen LogP contribution is -2.29. The van der Waals surface area contributed by atoms with Crippen LogP contribution < -0.4 is 14.2 Å². The molecular formula is C30H30N2O6. The van der Waals surface area contributed by atoms with Gasteiger partial charge in [0.15, 0.2) is 11.5 Å². The second-order valence-corrected chi connectivity index (χ2v) is 8.48. The topological polar surface area (TPSA) is 98.2 Å². The van der Waals surface area contributed by atoms with Crippen molar-refractivity contribution in [3.8, 4) is 17.2 Å². The number of ketones is 1. The summed E-state index contributed by atoms with van der Waals surface area (Å²) >= 11 is 0. The number of Topliss-reactive ketones (excluding diaryl/α,β-unsaturated/α-hetero) is 1. The maximum atomic E-state index is 13.4. The smallest absolute Gasteiger partial charge is 0.295 e. The molecule has 8 heteroatoms. The van der Waals surface area contributed by atoms with E-state index < -0.39 is 17.7 Å². The fourth-order valence-corrected chi connectivity index (χ4v) is 4.34. The van der Waals surface area contributed by atoms with Gasteiger partial charge in [0.25, 0.3) is 11.7 Å². The molecule has 1 unspecified atom stereocenters. The van der Waals surface area contributed by atoms with E-state index in [1.165, 1.54) is 4.90 Å². The van der Waals surface area contributed by atoms with Crippen LogP contribution in [-0.2, 0) is 16.1 Å². The van der Waals surface area contributed by atoms with E-state index in [4.69, 9.17) is 14.2 Å². The van der Waals surface area contributed by atoms with Gasteiger partial charge in [-0.3, -0.25) is 14.6 Å². The Morgan fingerprint density at radius 1 is 0.974 bits per heavy atom. The van der Waals surface area contributed by atoms with E-state index in [1.54, 1.807) is 73.1 Å². The summed E-state index contributed by atoms with van der Waals surface area (Å²) < 4.78 is 17.0. The molecular weight excluding hydrogens is 484 g/mol. The van der Waals surface area contributed by atoms with E-state index in [1.807, 2.05) is 13.8 Å². The minimum absolute atomic E-state index is 0.00424. The van der Waals surface area contributed by atoms with Gasteiger partial charge < -0.3 is 24.2 Å². The molecule has 1 aromatic heterocycles. The molecule has 1 N–H and O–H groups in total. The van der Waals surface area contributed by atoms with Crippen molar-refractivity contribution in [1.29, 1.82) is 0 Å². The lowest BCUT2D eigenvalue weighted by Gasteiger charge is -2.26. The molecule has 0 saturated carbocycles. The highest BCUT2D eigenvalue weighted by atomic mass is 16.5. The lowest BCUT2D eigenvalue weighted by molar-refractivity contribution is -0.140. The number of likely N-dealkylation sites (tertiary alicyclic amines) is 1. The van der Waals surface area contributed by atoms with E-state index in [0.717, 1.165) is 5.56 Å². The minimum Gasteiger partial charge on any atom is -0.507 e. The van der Waals surface area contributed by atoms with Crippen molar-refractivity contribution in [2.24, 2.45) is 0 Å². The van der Waals surface area contributed by atoms with Crippen LogP contribution in [0.5, 0.6) is 17.2 Å². The molecule has 196 valence electrons. The number of aliphatic hydroxyl groups is 1. The summed E-state index contributed by atoms with van der Waals surface area (Å²) in [6.45, 7) is 8.73. The number of ether oxygens (including phenoxy) is 3. The number of pyridine rings is 1. The first-order chi connectivity index (χ1) is 18.5. The molecule has 2 heterocycles. The van der Waals surface area contributed by atoms with Crippen LogP contribution in [0.3, 0.4) is 0 Å². The van der Waals surface area contributed by atoms with E-state index >= 15 is 0 Å². The second kappa shape index (κ2) is 12.1. The first-order valence-corrected chi connectivity index (χ1v) is 12.4. The summed E-state index contributed by atoms with van der Waals surface area (Å²) in [5, 5.41) is 11.4. The number of rotatable bonds is 11. The predicted molar refractivity (Wildman–Crippen MR) is 143 cm³/mol. The highest BCUT2D eigenvalue weighted by molar-refractivity contribution is 6.46. The molecule has 1 amide bonds. The van der Waals surface area contributed by atoms with Crippen molar-refractivity contribution in [2.75, 3.05) is 19.8 Å². The molecule has 38 heavy (non-hydrogen) atoms.